The first kappa shape index (κ1) is 16.5. The van der Waals surface area contributed by atoms with Crippen molar-refractivity contribution < 1.29 is 18.8 Å². The van der Waals surface area contributed by atoms with Crippen molar-refractivity contribution >= 4 is 18.2 Å². The molecule has 2 aliphatic rings. The smallest absolute Gasteiger partial charge is 0.289 e. The second-order valence-electron chi connectivity index (χ2n) is 6.07. The Balaban J connectivity index is 1.44. The zero-order valence-corrected chi connectivity index (χ0v) is 13.6. The van der Waals surface area contributed by atoms with E-state index in [4.69, 9.17) is 4.42 Å². The minimum atomic E-state index is -0.128. The summed E-state index contributed by atoms with van der Waals surface area (Å²) in [6.45, 7) is 5.28. The highest BCUT2D eigenvalue weighted by atomic mass is 16.3. The van der Waals surface area contributed by atoms with E-state index >= 15 is 0 Å². The average molecular weight is 334 g/mol. The molecule has 2 saturated heterocycles. The zero-order chi connectivity index (χ0) is 16.9. The van der Waals surface area contributed by atoms with E-state index in [0.29, 0.717) is 51.6 Å². The minimum absolute atomic E-state index is 0.0830. The summed E-state index contributed by atoms with van der Waals surface area (Å²) < 4.78 is 5.13. The number of piperazine rings is 2. The number of carbonyl (C=O) groups is 3. The Kier molecular flexibility index (Phi) is 5.14. The maximum absolute atomic E-state index is 12.4. The van der Waals surface area contributed by atoms with Crippen molar-refractivity contribution in [3.8, 4) is 0 Å². The van der Waals surface area contributed by atoms with Gasteiger partial charge in [-0.15, -0.1) is 0 Å². The summed E-state index contributed by atoms with van der Waals surface area (Å²) in [6.07, 6.45) is 2.34. The quantitative estimate of drug-likeness (QED) is 0.683. The molecule has 1 aromatic rings. The highest BCUT2D eigenvalue weighted by Gasteiger charge is 2.27. The molecule has 24 heavy (non-hydrogen) atoms. The summed E-state index contributed by atoms with van der Waals surface area (Å²) in [7, 11) is 0. The third kappa shape index (κ3) is 3.76. The van der Waals surface area contributed by atoms with Gasteiger partial charge >= 0.3 is 0 Å². The van der Waals surface area contributed by atoms with Crippen molar-refractivity contribution in [3.63, 3.8) is 0 Å². The lowest BCUT2D eigenvalue weighted by molar-refractivity contribution is -0.134. The van der Waals surface area contributed by atoms with Gasteiger partial charge in [0.1, 0.15) is 0 Å². The molecule has 0 bridgehead atoms. The molecule has 3 amide bonds. The lowest BCUT2D eigenvalue weighted by Crippen LogP contribution is -2.54. The van der Waals surface area contributed by atoms with E-state index in [0.717, 1.165) is 19.5 Å². The second-order valence-corrected chi connectivity index (χ2v) is 6.07. The van der Waals surface area contributed by atoms with Gasteiger partial charge in [0, 0.05) is 52.4 Å². The van der Waals surface area contributed by atoms with Crippen molar-refractivity contribution in [2.24, 2.45) is 0 Å². The Morgan fingerprint density at radius 1 is 1.00 bits per heavy atom. The number of furan rings is 1. The molecule has 3 rings (SSSR count). The maximum Gasteiger partial charge on any atom is 0.289 e. The maximum atomic E-state index is 12.4. The molecule has 130 valence electrons. The first-order valence-electron chi connectivity index (χ1n) is 8.19. The van der Waals surface area contributed by atoms with Crippen LogP contribution in [0.1, 0.15) is 10.6 Å². The van der Waals surface area contributed by atoms with E-state index in [-0.39, 0.29) is 11.8 Å². The number of rotatable bonds is 4. The molecule has 0 aliphatic carbocycles. The largest absolute Gasteiger partial charge is 0.459 e. The second kappa shape index (κ2) is 7.48. The van der Waals surface area contributed by atoms with Crippen LogP contribution in [-0.4, -0.2) is 96.7 Å². The standard InChI is InChI=1S/C16H22N4O4/c21-13-18-5-3-17(4-6-18)12-15(22)19-7-9-20(10-8-19)16(23)14-2-1-11-24-14/h1-2,11,13H,3-10,12H2. The predicted molar refractivity (Wildman–Crippen MR) is 85.3 cm³/mol. The third-order valence-corrected chi connectivity index (χ3v) is 4.57. The van der Waals surface area contributed by atoms with Gasteiger partial charge in [0.25, 0.3) is 5.91 Å². The molecule has 1 aromatic heterocycles. The molecule has 0 radical (unpaired) electrons. The summed E-state index contributed by atoms with van der Waals surface area (Å²) in [5.41, 5.74) is 0. The highest BCUT2D eigenvalue weighted by molar-refractivity contribution is 5.91. The fraction of sp³-hybridized carbons (Fsp3) is 0.562. The van der Waals surface area contributed by atoms with E-state index in [2.05, 4.69) is 4.90 Å². The summed E-state index contributed by atoms with van der Waals surface area (Å²) in [4.78, 5) is 42.6. The van der Waals surface area contributed by atoms with Crippen LogP contribution in [0.5, 0.6) is 0 Å². The van der Waals surface area contributed by atoms with E-state index < -0.39 is 0 Å². The van der Waals surface area contributed by atoms with Gasteiger partial charge in [-0.25, -0.2) is 0 Å². The van der Waals surface area contributed by atoms with Crippen LogP contribution in [0.2, 0.25) is 0 Å². The molecule has 0 atom stereocenters. The highest BCUT2D eigenvalue weighted by Crippen LogP contribution is 2.10. The Morgan fingerprint density at radius 2 is 1.67 bits per heavy atom. The van der Waals surface area contributed by atoms with Crippen LogP contribution in [0.3, 0.4) is 0 Å². The number of nitrogens with zero attached hydrogens (tertiary/aromatic N) is 4. The molecule has 8 nitrogen and oxygen atoms in total. The summed E-state index contributed by atoms with van der Waals surface area (Å²) >= 11 is 0. The van der Waals surface area contributed by atoms with Crippen LogP contribution in [-0.2, 0) is 9.59 Å². The predicted octanol–water partition coefficient (Wildman–Crippen LogP) is -0.662. The molecule has 0 unspecified atom stereocenters. The lowest BCUT2D eigenvalue weighted by atomic mass is 10.2. The van der Waals surface area contributed by atoms with Crippen molar-refractivity contribution in [2.45, 2.75) is 0 Å². The zero-order valence-electron chi connectivity index (χ0n) is 13.6. The molecule has 0 N–H and O–H groups in total. The van der Waals surface area contributed by atoms with Gasteiger partial charge < -0.3 is 19.1 Å². The van der Waals surface area contributed by atoms with Crippen molar-refractivity contribution in [2.75, 3.05) is 58.9 Å². The molecular formula is C16H22N4O4. The topological polar surface area (TPSA) is 77.3 Å². The molecule has 0 aromatic carbocycles. The molecular weight excluding hydrogens is 312 g/mol. The fourth-order valence-corrected chi connectivity index (χ4v) is 3.03. The van der Waals surface area contributed by atoms with Crippen molar-refractivity contribution in [3.05, 3.63) is 24.2 Å². The summed E-state index contributed by atoms with van der Waals surface area (Å²) in [6, 6.07) is 3.34. The van der Waals surface area contributed by atoms with Crippen LogP contribution < -0.4 is 0 Å². The van der Waals surface area contributed by atoms with Gasteiger partial charge in [-0.1, -0.05) is 0 Å². The molecule has 8 heteroatoms. The number of amides is 3. The number of carbonyl (C=O) groups excluding carboxylic acids is 3. The van der Waals surface area contributed by atoms with Crippen LogP contribution in [0, 0.1) is 0 Å². The van der Waals surface area contributed by atoms with Gasteiger partial charge in [-0.2, -0.15) is 0 Å². The Hall–Kier alpha value is -2.35. The van der Waals surface area contributed by atoms with Crippen LogP contribution in [0.15, 0.2) is 22.8 Å². The molecule has 0 spiro atoms. The number of hydrogen-bond donors (Lipinski definition) is 0. The number of hydrogen-bond acceptors (Lipinski definition) is 5. The van der Waals surface area contributed by atoms with E-state index in [9.17, 15) is 14.4 Å². The van der Waals surface area contributed by atoms with E-state index in [1.54, 1.807) is 26.8 Å². The molecule has 2 aliphatic heterocycles. The monoisotopic (exact) mass is 334 g/mol. The molecule has 0 saturated carbocycles. The van der Waals surface area contributed by atoms with Gasteiger partial charge in [-0.3, -0.25) is 19.3 Å². The first-order valence-corrected chi connectivity index (χ1v) is 8.19. The minimum Gasteiger partial charge on any atom is -0.459 e. The Morgan fingerprint density at radius 3 is 2.25 bits per heavy atom. The average Bonchev–Trinajstić information content (AvgIpc) is 3.16. The van der Waals surface area contributed by atoms with Gasteiger partial charge in [0.2, 0.25) is 12.3 Å². The Bertz CT molecular complexity index is 573. The van der Waals surface area contributed by atoms with Gasteiger partial charge in [0.15, 0.2) is 5.76 Å². The van der Waals surface area contributed by atoms with Crippen molar-refractivity contribution in [1.29, 1.82) is 0 Å². The summed E-state index contributed by atoms with van der Waals surface area (Å²) in [5, 5.41) is 0. The van der Waals surface area contributed by atoms with Crippen LogP contribution in [0.25, 0.3) is 0 Å². The fourth-order valence-electron chi connectivity index (χ4n) is 3.03. The Labute approximate surface area is 140 Å². The van der Waals surface area contributed by atoms with Gasteiger partial charge in [-0.05, 0) is 12.1 Å². The van der Waals surface area contributed by atoms with E-state index in [1.165, 1.54) is 6.26 Å². The molecule has 3 heterocycles. The van der Waals surface area contributed by atoms with E-state index in [1.807, 2.05) is 0 Å². The third-order valence-electron chi connectivity index (χ3n) is 4.57. The SMILES string of the molecule is O=CN1CCN(CC(=O)N2CCN(C(=O)c3ccco3)CC2)CC1. The van der Waals surface area contributed by atoms with Crippen LogP contribution >= 0.6 is 0 Å². The lowest BCUT2D eigenvalue weighted by Gasteiger charge is -2.37. The normalized spacial score (nSPS) is 19.4. The van der Waals surface area contributed by atoms with Gasteiger partial charge in [0.05, 0.1) is 12.8 Å². The first-order chi connectivity index (χ1) is 11.7. The molecule has 2 fully saturated rings. The van der Waals surface area contributed by atoms with Crippen LogP contribution in [0.4, 0.5) is 0 Å². The van der Waals surface area contributed by atoms with Crippen molar-refractivity contribution in [1.82, 2.24) is 19.6 Å². The summed E-state index contributed by atoms with van der Waals surface area (Å²) in [5.74, 6) is 0.291.